The Balaban J connectivity index is 3.39. The van der Waals surface area contributed by atoms with Crippen LogP contribution in [0.5, 0.6) is 0 Å². The van der Waals surface area contributed by atoms with Gasteiger partial charge in [-0.25, -0.2) is 9.78 Å². The molecule has 0 unspecified atom stereocenters. The Labute approximate surface area is 116 Å². The van der Waals surface area contributed by atoms with Gasteiger partial charge in [0.2, 0.25) is 0 Å². The summed E-state index contributed by atoms with van der Waals surface area (Å²) in [6.07, 6.45) is 2.63. The number of aromatic nitrogens is 1. The first kappa shape index (κ1) is 15.6. The zero-order valence-corrected chi connectivity index (χ0v) is 11.7. The summed E-state index contributed by atoms with van der Waals surface area (Å²) >= 11 is 0. The molecule has 0 saturated heterocycles. The smallest absolute Gasteiger partial charge is 0.342 e. The second kappa shape index (κ2) is 5.68. The van der Waals surface area contributed by atoms with Gasteiger partial charge in [0.25, 0.3) is 0 Å². The molecule has 1 aromatic rings. The number of anilines is 1. The summed E-state index contributed by atoms with van der Waals surface area (Å²) in [5.74, 6) is -0.992. The quantitative estimate of drug-likeness (QED) is 0.505. The van der Waals surface area contributed by atoms with Crippen LogP contribution in [-0.4, -0.2) is 33.1 Å². The van der Waals surface area contributed by atoms with Crippen LogP contribution < -0.4 is 4.90 Å². The van der Waals surface area contributed by atoms with E-state index in [4.69, 9.17) is 5.11 Å². The molecule has 0 radical (unpaired) electrons. The molecule has 0 atom stereocenters. The number of nitrogens with zero attached hydrogens (tertiary/aromatic N) is 3. The van der Waals surface area contributed by atoms with Gasteiger partial charge in [-0.05, 0) is 20.8 Å². The Morgan fingerprint density at radius 1 is 1.60 bits per heavy atom. The Morgan fingerprint density at radius 2 is 2.20 bits per heavy atom. The van der Waals surface area contributed by atoms with Crippen molar-refractivity contribution < 1.29 is 14.8 Å². The lowest BCUT2D eigenvalue weighted by Crippen LogP contribution is -2.42. The molecule has 0 fully saturated rings. The van der Waals surface area contributed by atoms with E-state index < -0.39 is 16.6 Å². The molecule has 7 nitrogen and oxygen atoms in total. The number of aromatic carboxylic acids is 1. The maximum absolute atomic E-state index is 11.1. The van der Waals surface area contributed by atoms with Crippen molar-refractivity contribution >= 4 is 17.5 Å². The van der Waals surface area contributed by atoms with Gasteiger partial charge in [0.1, 0.15) is 17.6 Å². The first-order chi connectivity index (χ1) is 9.18. The second-order valence-corrected chi connectivity index (χ2v) is 5.19. The molecule has 0 amide bonds. The average molecular weight is 279 g/mol. The van der Waals surface area contributed by atoms with Crippen LogP contribution in [0.15, 0.2) is 24.9 Å². The minimum absolute atomic E-state index is 0.326. The fourth-order valence-electron chi connectivity index (χ4n) is 1.74. The molecule has 108 valence electrons. The van der Waals surface area contributed by atoms with Crippen LogP contribution in [0.1, 0.15) is 31.1 Å². The average Bonchev–Trinajstić information content (AvgIpc) is 2.33. The van der Waals surface area contributed by atoms with E-state index in [2.05, 4.69) is 11.6 Å². The Hall–Kier alpha value is -2.44. The minimum Gasteiger partial charge on any atom is -0.477 e. The molecule has 0 aliphatic rings. The van der Waals surface area contributed by atoms with E-state index in [0.29, 0.717) is 12.4 Å². The van der Waals surface area contributed by atoms with Crippen LogP contribution in [-0.2, 0) is 0 Å². The topological polar surface area (TPSA) is 96.6 Å². The third kappa shape index (κ3) is 3.31. The number of hydrogen-bond acceptors (Lipinski definition) is 5. The van der Waals surface area contributed by atoms with Crippen molar-refractivity contribution in [3.63, 3.8) is 0 Å². The highest BCUT2D eigenvalue weighted by Gasteiger charge is 2.26. The van der Waals surface area contributed by atoms with E-state index in [1.807, 2.05) is 25.7 Å². The molecule has 1 aromatic heterocycles. The maximum atomic E-state index is 11.1. The van der Waals surface area contributed by atoms with Crippen LogP contribution in [0, 0.1) is 10.1 Å². The first-order valence-electron chi connectivity index (χ1n) is 5.94. The Bertz CT molecular complexity index is 549. The lowest BCUT2D eigenvalue weighted by Gasteiger charge is -2.36. The largest absolute Gasteiger partial charge is 0.477 e. The van der Waals surface area contributed by atoms with Crippen LogP contribution in [0.3, 0.4) is 0 Å². The highest BCUT2D eigenvalue weighted by molar-refractivity contribution is 5.93. The summed E-state index contributed by atoms with van der Waals surface area (Å²) in [7, 11) is 0. The highest BCUT2D eigenvalue weighted by Crippen LogP contribution is 2.26. The molecule has 1 N–H and O–H groups in total. The van der Waals surface area contributed by atoms with Gasteiger partial charge in [0, 0.05) is 18.2 Å². The summed E-state index contributed by atoms with van der Waals surface area (Å²) < 4.78 is 0. The summed E-state index contributed by atoms with van der Waals surface area (Å²) in [6, 6.07) is 1.22. The van der Waals surface area contributed by atoms with Gasteiger partial charge in [-0.2, -0.15) is 0 Å². The highest BCUT2D eigenvalue weighted by atomic mass is 16.6. The van der Waals surface area contributed by atoms with Crippen LogP contribution in [0.25, 0.3) is 0 Å². The number of carboxylic acids is 1. The molecule has 0 aliphatic heterocycles. The maximum Gasteiger partial charge on any atom is 0.342 e. The van der Waals surface area contributed by atoms with E-state index in [1.54, 1.807) is 6.08 Å². The van der Waals surface area contributed by atoms with Crippen molar-refractivity contribution in [2.24, 2.45) is 0 Å². The predicted octanol–water partition coefficient (Wildman–Crippen LogP) is 2.48. The van der Waals surface area contributed by atoms with Gasteiger partial charge >= 0.3 is 11.7 Å². The summed E-state index contributed by atoms with van der Waals surface area (Å²) in [6.45, 7) is 9.89. The number of hydrogen-bond donors (Lipinski definition) is 1. The summed E-state index contributed by atoms with van der Waals surface area (Å²) in [5, 5.41) is 19.9. The Kier molecular flexibility index (Phi) is 4.44. The van der Waals surface area contributed by atoms with Crippen molar-refractivity contribution in [3.8, 4) is 0 Å². The molecule has 0 bridgehead atoms. The Morgan fingerprint density at radius 3 is 2.60 bits per heavy atom. The van der Waals surface area contributed by atoms with E-state index >= 15 is 0 Å². The summed E-state index contributed by atoms with van der Waals surface area (Å²) in [5.41, 5.74) is -1.22. The van der Waals surface area contributed by atoms with Crippen molar-refractivity contribution in [1.82, 2.24) is 4.98 Å². The van der Waals surface area contributed by atoms with E-state index in [0.717, 1.165) is 6.20 Å². The van der Waals surface area contributed by atoms with Crippen molar-refractivity contribution in [3.05, 3.63) is 40.6 Å². The molecule has 1 heterocycles. The zero-order valence-electron chi connectivity index (χ0n) is 11.7. The minimum atomic E-state index is -1.35. The second-order valence-electron chi connectivity index (χ2n) is 5.19. The van der Waals surface area contributed by atoms with Crippen LogP contribution in [0.4, 0.5) is 11.5 Å². The predicted molar refractivity (Wildman–Crippen MR) is 75.1 cm³/mol. The van der Waals surface area contributed by atoms with Gasteiger partial charge in [-0.15, -0.1) is 6.58 Å². The van der Waals surface area contributed by atoms with E-state index in [1.165, 1.54) is 6.07 Å². The third-order valence-electron chi connectivity index (χ3n) is 2.69. The SMILES string of the molecule is C=CCN(c1cc(C(=O)O)c([N+](=O)[O-])cn1)C(C)(C)C. The number of carbonyl (C=O) groups is 1. The van der Waals surface area contributed by atoms with Gasteiger partial charge < -0.3 is 10.0 Å². The van der Waals surface area contributed by atoms with Gasteiger partial charge in [0.05, 0.1) is 4.92 Å². The fraction of sp³-hybridized carbons (Fsp3) is 0.385. The molecule has 0 aliphatic carbocycles. The number of nitro groups is 1. The van der Waals surface area contributed by atoms with E-state index in [-0.39, 0.29) is 11.1 Å². The molecule has 0 spiro atoms. The van der Waals surface area contributed by atoms with Crippen LogP contribution >= 0.6 is 0 Å². The van der Waals surface area contributed by atoms with Gasteiger partial charge in [-0.1, -0.05) is 6.08 Å². The van der Waals surface area contributed by atoms with Crippen molar-refractivity contribution in [2.45, 2.75) is 26.3 Å². The van der Waals surface area contributed by atoms with Crippen molar-refractivity contribution in [1.29, 1.82) is 0 Å². The number of rotatable bonds is 5. The molecule has 0 saturated carbocycles. The van der Waals surface area contributed by atoms with Gasteiger partial charge in [0.15, 0.2) is 0 Å². The molecule has 0 aromatic carbocycles. The van der Waals surface area contributed by atoms with Gasteiger partial charge in [-0.3, -0.25) is 10.1 Å². The normalized spacial score (nSPS) is 10.9. The lowest BCUT2D eigenvalue weighted by molar-refractivity contribution is -0.385. The lowest BCUT2D eigenvalue weighted by atomic mass is 10.1. The molecule has 20 heavy (non-hydrogen) atoms. The standard InChI is InChI=1S/C13H17N3O4/c1-5-6-15(13(2,3)4)11-7-9(12(17)18)10(8-14-11)16(19)20/h5,7-8H,1,6H2,2-4H3,(H,17,18). The molecule has 7 heteroatoms. The summed E-state index contributed by atoms with van der Waals surface area (Å²) in [4.78, 5) is 27.0. The number of pyridine rings is 1. The van der Waals surface area contributed by atoms with Crippen LogP contribution in [0.2, 0.25) is 0 Å². The first-order valence-corrected chi connectivity index (χ1v) is 5.94. The zero-order chi connectivity index (χ0) is 15.5. The number of carboxylic acid groups (broad SMARTS) is 1. The molecule has 1 rings (SSSR count). The van der Waals surface area contributed by atoms with Crippen molar-refractivity contribution in [2.75, 3.05) is 11.4 Å². The monoisotopic (exact) mass is 279 g/mol. The molecular weight excluding hydrogens is 262 g/mol. The fourth-order valence-corrected chi connectivity index (χ4v) is 1.74. The van der Waals surface area contributed by atoms with E-state index in [9.17, 15) is 14.9 Å². The molecular formula is C13H17N3O4. The third-order valence-corrected chi connectivity index (χ3v) is 2.69.